The molecule has 0 bridgehead atoms. The molecule has 0 aliphatic heterocycles. The van der Waals surface area contributed by atoms with Gasteiger partial charge in [0.15, 0.2) is 0 Å². The van der Waals surface area contributed by atoms with Crippen LogP contribution in [-0.4, -0.2) is 18.5 Å². The quantitative estimate of drug-likeness (QED) is 0.560. The fourth-order valence-corrected chi connectivity index (χ4v) is 4.72. The van der Waals surface area contributed by atoms with Gasteiger partial charge in [0.05, 0.1) is 12.2 Å². The smallest absolute Gasteiger partial charge is 0.341 e. The van der Waals surface area contributed by atoms with Crippen LogP contribution in [0.15, 0.2) is 22.6 Å². The summed E-state index contributed by atoms with van der Waals surface area (Å²) in [5.74, 6) is 1.39. The zero-order valence-corrected chi connectivity index (χ0v) is 16.8. The SMILES string of the molecule is CCOC(=O)c1c(NC(=O)C=Cc2ccc(C)o2)sc2c1CCC(CC)C2. The number of hydrogen-bond donors (Lipinski definition) is 1. The Hall–Kier alpha value is -2.34. The molecular weight excluding hydrogens is 362 g/mol. The number of anilines is 1. The zero-order valence-electron chi connectivity index (χ0n) is 16.0. The van der Waals surface area contributed by atoms with Crippen molar-refractivity contribution in [2.45, 2.75) is 46.5 Å². The van der Waals surface area contributed by atoms with Gasteiger partial charge in [-0.3, -0.25) is 4.79 Å². The average molecular weight is 388 g/mol. The molecule has 1 atom stereocenters. The maximum atomic E-state index is 12.5. The fraction of sp³-hybridized carbons (Fsp3) is 0.429. The number of carbonyl (C=O) groups excluding carboxylic acids is 2. The van der Waals surface area contributed by atoms with E-state index in [1.165, 1.54) is 22.3 Å². The van der Waals surface area contributed by atoms with Crippen LogP contribution in [0.3, 0.4) is 0 Å². The van der Waals surface area contributed by atoms with Gasteiger partial charge in [0.1, 0.15) is 16.5 Å². The highest BCUT2D eigenvalue weighted by Crippen LogP contribution is 2.40. The van der Waals surface area contributed by atoms with E-state index in [9.17, 15) is 9.59 Å². The van der Waals surface area contributed by atoms with Crippen LogP contribution in [0, 0.1) is 12.8 Å². The average Bonchev–Trinajstić information content (AvgIpc) is 3.22. The third-order valence-electron chi connectivity index (χ3n) is 4.82. The van der Waals surface area contributed by atoms with Crippen molar-refractivity contribution >= 4 is 34.3 Å². The highest BCUT2D eigenvalue weighted by molar-refractivity contribution is 7.17. The van der Waals surface area contributed by atoms with Crippen molar-refractivity contribution in [3.05, 3.63) is 45.7 Å². The molecule has 1 aliphatic carbocycles. The Bertz CT molecular complexity index is 862. The standard InChI is InChI=1S/C21H25NO4S/c1-4-14-7-10-16-17(12-14)27-20(19(16)21(24)25-5-2)22-18(23)11-9-15-8-6-13(3)26-15/h6,8-9,11,14H,4-5,7,10,12H2,1-3H3,(H,22,23). The Labute approximate surface area is 163 Å². The predicted molar refractivity (Wildman–Crippen MR) is 107 cm³/mol. The van der Waals surface area contributed by atoms with Crippen molar-refractivity contribution in [1.82, 2.24) is 0 Å². The molecule has 0 aromatic carbocycles. The summed E-state index contributed by atoms with van der Waals surface area (Å²) in [6.07, 6.45) is 7.04. The Balaban J connectivity index is 1.83. The van der Waals surface area contributed by atoms with Gasteiger partial charge in [-0.25, -0.2) is 4.79 Å². The number of carbonyl (C=O) groups is 2. The van der Waals surface area contributed by atoms with E-state index in [4.69, 9.17) is 9.15 Å². The molecule has 6 heteroatoms. The first-order valence-electron chi connectivity index (χ1n) is 9.38. The van der Waals surface area contributed by atoms with Gasteiger partial charge in [-0.2, -0.15) is 0 Å². The summed E-state index contributed by atoms with van der Waals surface area (Å²) < 4.78 is 10.7. The molecule has 5 nitrogen and oxygen atoms in total. The Morgan fingerprint density at radius 1 is 1.37 bits per heavy atom. The molecule has 1 N–H and O–H groups in total. The molecule has 0 radical (unpaired) electrons. The molecule has 0 spiro atoms. The number of rotatable bonds is 6. The molecule has 144 valence electrons. The number of esters is 1. The molecule has 0 saturated heterocycles. The number of ether oxygens (including phenoxy) is 1. The summed E-state index contributed by atoms with van der Waals surface area (Å²) in [7, 11) is 0. The lowest BCUT2D eigenvalue weighted by atomic mass is 9.85. The van der Waals surface area contributed by atoms with E-state index < -0.39 is 0 Å². The molecule has 2 aromatic rings. The number of fused-ring (bicyclic) bond motifs is 1. The van der Waals surface area contributed by atoms with Crippen LogP contribution in [0.5, 0.6) is 0 Å². The molecule has 27 heavy (non-hydrogen) atoms. The second-order valence-electron chi connectivity index (χ2n) is 6.72. The number of amides is 1. The van der Waals surface area contributed by atoms with E-state index in [0.29, 0.717) is 28.8 Å². The molecular formula is C21H25NO4S. The number of nitrogens with one attached hydrogen (secondary N) is 1. The Morgan fingerprint density at radius 3 is 2.85 bits per heavy atom. The molecule has 3 rings (SSSR count). The summed E-state index contributed by atoms with van der Waals surface area (Å²) in [4.78, 5) is 26.1. The van der Waals surface area contributed by atoms with Crippen LogP contribution in [-0.2, 0) is 22.4 Å². The summed E-state index contributed by atoms with van der Waals surface area (Å²) in [6, 6.07) is 3.64. The third-order valence-corrected chi connectivity index (χ3v) is 5.99. The van der Waals surface area contributed by atoms with Gasteiger partial charge in [0.2, 0.25) is 5.91 Å². The first-order valence-corrected chi connectivity index (χ1v) is 10.2. The predicted octanol–water partition coefficient (Wildman–Crippen LogP) is 4.99. The second kappa shape index (κ2) is 8.57. The van der Waals surface area contributed by atoms with E-state index in [1.807, 2.05) is 13.0 Å². The van der Waals surface area contributed by atoms with Crippen molar-refractivity contribution in [2.24, 2.45) is 5.92 Å². The van der Waals surface area contributed by atoms with Crippen LogP contribution >= 0.6 is 11.3 Å². The first kappa shape index (κ1) is 19.4. The summed E-state index contributed by atoms with van der Waals surface area (Å²) in [5.41, 5.74) is 1.58. The Kier molecular flexibility index (Phi) is 6.16. The minimum absolute atomic E-state index is 0.291. The van der Waals surface area contributed by atoms with Crippen LogP contribution < -0.4 is 5.32 Å². The largest absolute Gasteiger partial charge is 0.462 e. The van der Waals surface area contributed by atoms with Gasteiger partial charge >= 0.3 is 5.97 Å². The van der Waals surface area contributed by atoms with Gasteiger partial charge in [0, 0.05) is 11.0 Å². The van der Waals surface area contributed by atoms with Crippen molar-refractivity contribution in [1.29, 1.82) is 0 Å². The van der Waals surface area contributed by atoms with Crippen LogP contribution in [0.2, 0.25) is 0 Å². The lowest BCUT2D eigenvalue weighted by molar-refractivity contribution is -0.111. The highest BCUT2D eigenvalue weighted by atomic mass is 32.1. The molecule has 1 amide bonds. The zero-order chi connectivity index (χ0) is 19.4. The van der Waals surface area contributed by atoms with Gasteiger partial charge in [0.25, 0.3) is 0 Å². The van der Waals surface area contributed by atoms with E-state index in [-0.39, 0.29) is 11.9 Å². The van der Waals surface area contributed by atoms with Gasteiger partial charge in [-0.15, -0.1) is 11.3 Å². The number of thiophene rings is 1. The van der Waals surface area contributed by atoms with Crippen molar-refractivity contribution in [3.63, 3.8) is 0 Å². The van der Waals surface area contributed by atoms with Gasteiger partial charge < -0.3 is 14.5 Å². The van der Waals surface area contributed by atoms with Gasteiger partial charge in [-0.1, -0.05) is 13.3 Å². The minimum Gasteiger partial charge on any atom is -0.462 e. The monoisotopic (exact) mass is 387 g/mol. The lowest BCUT2D eigenvalue weighted by Crippen LogP contribution is -2.16. The summed E-state index contributed by atoms with van der Waals surface area (Å²) in [6.45, 7) is 6.14. The molecule has 2 aromatic heterocycles. The van der Waals surface area contributed by atoms with Gasteiger partial charge in [-0.05, 0) is 62.8 Å². The third kappa shape index (κ3) is 4.50. The normalized spacial score (nSPS) is 16.3. The van der Waals surface area contributed by atoms with Crippen LogP contribution in [0.1, 0.15) is 59.0 Å². The molecule has 0 fully saturated rings. The second-order valence-corrected chi connectivity index (χ2v) is 7.82. The highest BCUT2D eigenvalue weighted by Gasteiger charge is 2.29. The Morgan fingerprint density at radius 2 is 2.19 bits per heavy atom. The first-order chi connectivity index (χ1) is 13.0. The maximum Gasteiger partial charge on any atom is 0.341 e. The number of furan rings is 1. The van der Waals surface area contributed by atoms with E-state index >= 15 is 0 Å². The fourth-order valence-electron chi connectivity index (χ4n) is 3.36. The van der Waals surface area contributed by atoms with Crippen molar-refractivity contribution in [3.8, 4) is 0 Å². The van der Waals surface area contributed by atoms with E-state index in [1.54, 1.807) is 19.1 Å². The van der Waals surface area contributed by atoms with E-state index in [0.717, 1.165) is 37.0 Å². The lowest BCUT2D eigenvalue weighted by Gasteiger charge is -2.20. The maximum absolute atomic E-state index is 12.5. The van der Waals surface area contributed by atoms with Crippen LogP contribution in [0.4, 0.5) is 5.00 Å². The molecule has 2 heterocycles. The van der Waals surface area contributed by atoms with E-state index in [2.05, 4.69) is 12.2 Å². The molecule has 1 unspecified atom stereocenters. The summed E-state index contributed by atoms with van der Waals surface area (Å²) in [5, 5.41) is 3.45. The number of hydrogen-bond acceptors (Lipinski definition) is 5. The topological polar surface area (TPSA) is 68.5 Å². The van der Waals surface area contributed by atoms with Crippen molar-refractivity contribution in [2.75, 3.05) is 11.9 Å². The number of aryl methyl sites for hydroxylation is 1. The minimum atomic E-state index is -0.356. The molecule has 1 aliphatic rings. The van der Waals surface area contributed by atoms with Crippen LogP contribution in [0.25, 0.3) is 6.08 Å². The van der Waals surface area contributed by atoms with Crippen molar-refractivity contribution < 1.29 is 18.7 Å². The molecule has 0 saturated carbocycles. The summed E-state index contributed by atoms with van der Waals surface area (Å²) >= 11 is 1.50.